The highest BCUT2D eigenvalue weighted by Crippen LogP contribution is 2.33. The van der Waals surface area contributed by atoms with Gasteiger partial charge >= 0.3 is 5.97 Å². The SMILES string of the molecule is O=C(O)c1cc(Cl)cc(Cl)c1OCCC1CCCC1. The molecular weight excluding hydrogens is 287 g/mol. The van der Waals surface area contributed by atoms with E-state index in [1.807, 2.05) is 0 Å². The molecule has 1 N–H and O–H groups in total. The summed E-state index contributed by atoms with van der Waals surface area (Å²) in [6, 6.07) is 2.86. The van der Waals surface area contributed by atoms with Crippen LogP contribution >= 0.6 is 23.2 Å². The summed E-state index contributed by atoms with van der Waals surface area (Å²) in [5.74, 6) is -0.170. The molecule has 19 heavy (non-hydrogen) atoms. The van der Waals surface area contributed by atoms with Crippen molar-refractivity contribution < 1.29 is 14.6 Å². The molecule has 104 valence electrons. The smallest absolute Gasteiger partial charge is 0.339 e. The summed E-state index contributed by atoms with van der Waals surface area (Å²) < 4.78 is 5.57. The molecule has 3 nitrogen and oxygen atoms in total. The molecule has 0 aliphatic heterocycles. The van der Waals surface area contributed by atoms with E-state index in [-0.39, 0.29) is 16.3 Å². The van der Waals surface area contributed by atoms with Crippen LogP contribution in [0.3, 0.4) is 0 Å². The number of hydrogen-bond acceptors (Lipinski definition) is 2. The van der Waals surface area contributed by atoms with E-state index in [2.05, 4.69) is 0 Å². The molecule has 0 unspecified atom stereocenters. The van der Waals surface area contributed by atoms with Crippen LogP contribution in [0.25, 0.3) is 0 Å². The van der Waals surface area contributed by atoms with Crippen molar-refractivity contribution in [2.45, 2.75) is 32.1 Å². The number of aromatic carboxylic acids is 1. The Morgan fingerprint density at radius 3 is 2.63 bits per heavy atom. The summed E-state index contributed by atoms with van der Waals surface area (Å²) in [4.78, 5) is 11.1. The lowest BCUT2D eigenvalue weighted by atomic mass is 10.1. The van der Waals surface area contributed by atoms with Gasteiger partial charge in [-0.15, -0.1) is 0 Å². The normalized spacial score (nSPS) is 15.7. The van der Waals surface area contributed by atoms with E-state index < -0.39 is 5.97 Å². The van der Waals surface area contributed by atoms with Crippen molar-refractivity contribution in [1.82, 2.24) is 0 Å². The molecule has 1 saturated carbocycles. The number of benzene rings is 1. The lowest BCUT2D eigenvalue weighted by Gasteiger charge is -2.13. The van der Waals surface area contributed by atoms with Crippen LogP contribution in [0.1, 0.15) is 42.5 Å². The monoisotopic (exact) mass is 302 g/mol. The second kappa shape index (κ2) is 6.49. The fraction of sp³-hybridized carbons (Fsp3) is 0.500. The molecule has 0 aromatic heterocycles. The molecule has 0 bridgehead atoms. The fourth-order valence-corrected chi connectivity index (χ4v) is 3.04. The first kappa shape index (κ1) is 14.5. The van der Waals surface area contributed by atoms with Crippen LogP contribution in [-0.2, 0) is 0 Å². The molecule has 0 spiro atoms. The number of hydrogen-bond donors (Lipinski definition) is 1. The second-order valence-corrected chi connectivity index (χ2v) is 5.70. The minimum Gasteiger partial charge on any atom is -0.491 e. The van der Waals surface area contributed by atoms with E-state index >= 15 is 0 Å². The third-order valence-electron chi connectivity index (χ3n) is 3.49. The average Bonchev–Trinajstić information content (AvgIpc) is 2.84. The van der Waals surface area contributed by atoms with Crippen molar-refractivity contribution in [1.29, 1.82) is 0 Å². The van der Waals surface area contributed by atoms with E-state index in [1.54, 1.807) is 0 Å². The predicted octanol–water partition coefficient (Wildman–Crippen LogP) is 4.65. The summed E-state index contributed by atoms with van der Waals surface area (Å²) in [5, 5.41) is 9.67. The van der Waals surface area contributed by atoms with Crippen molar-refractivity contribution in [2.75, 3.05) is 6.61 Å². The third kappa shape index (κ3) is 3.77. The van der Waals surface area contributed by atoms with Crippen LogP contribution in [0, 0.1) is 5.92 Å². The van der Waals surface area contributed by atoms with Gasteiger partial charge in [-0.05, 0) is 24.5 Å². The Labute approximate surface area is 122 Å². The number of halogens is 2. The summed E-state index contributed by atoms with van der Waals surface area (Å²) in [6.45, 7) is 0.492. The van der Waals surface area contributed by atoms with Gasteiger partial charge in [0, 0.05) is 5.02 Å². The largest absolute Gasteiger partial charge is 0.491 e. The van der Waals surface area contributed by atoms with Gasteiger partial charge in [-0.25, -0.2) is 4.79 Å². The molecule has 0 radical (unpaired) electrons. The Bertz CT molecular complexity index is 468. The van der Waals surface area contributed by atoms with E-state index in [0.717, 1.165) is 6.42 Å². The van der Waals surface area contributed by atoms with Gasteiger partial charge in [-0.1, -0.05) is 48.9 Å². The third-order valence-corrected chi connectivity index (χ3v) is 3.98. The summed E-state index contributed by atoms with van der Waals surface area (Å²) >= 11 is 11.8. The zero-order valence-electron chi connectivity index (χ0n) is 10.5. The predicted molar refractivity (Wildman–Crippen MR) is 75.5 cm³/mol. The molecule has 0 atom stereocenters. The quantitative estimate of drug-likeness (QED) is 0.861. The van der Waals surface area contributed by atoms with Crippen LogP contribution in [0.4, 0.5) is 0 Å². The fourth-order valence-electron chi connectivity index (χ4n) is 2.49. The molecule has 1 aromatic rings. The Morgan fingerprint density at radius 1 is 1.32 bits per heavy atom. The number of carboxylic acid groups (broad SMARTS) is 1. The number of rotatable bonds is 5. The second-order valence-electron chi connectivity index (χ2n) is 4.86. The van der Waals surface area contributed by atoms with Crippen LogP contribution in [0.15, 0.2) is 12.1 Å². The molecule has 1 aliphatic carbocycles. The molecule has 1 aromatic carbocycles. The van der Waals surface area contributed by atoms with Gasteiger partial charge in [0.25, 0.3) is 0 Å². The summed E-state index contributed by atoms with van der Waals surface area (Å²) in [6.07, 6.45) is 5.99. The van der Waals surface area contributed by atoms with Crippen molar-refractivity contribution in [2.24, 2.45) is 5.92 Å². The summed E-state index contributed by atoms with van der Waals surface area (Å²) in [5.41, 5.74) is 0.0175. The highest BCUT2D eigenvalue weighted by molar-refractivity contribution is 6.36. The van der Waals surface area contributed by atoms with Crippen molar-refractivity contribution >= 4 is 29.2 Å². The zero-order valence-corrected chi connectivity index (χ0v) is 12.0. The van der Waals surface area contributed by atoms with Gasteiger partial charge in [0.15, 0.2) is 5.75 Å². The van der Waals surface area contributed by atoms with Gasteiger partial charge in [-0.3, -0.25) is 0 Å². The zero-order chi connectivity index (χ0) is 13.8. The minimum atomic E-state index is -1.08. The first-order chi connectivity index (χ1) is 9.08. The highest BCUT2D eigenvalue weighted by Gasteiger charge is 2.18. The molecule has 1 fully saturated rings. The average molecular weight is 303 g/mol. The Balaban J connectivity index is 2.03. The van der Waals surface area contributed by atoms with E-state index in [9.17, 15) is 4.79 Å². The van der Waals surface area contributed by atoms with Crippen LogP contribution in [-0.4, -0.2) is 17.7 Å². The van der Waals surface area contributed by atoms with Gasteiger partial charge < -0.3 is 9.84 Å². The van der Waals surface area contributed by atoms with Crippen LogP contribution in [0.5, 0.6) is 5.75 Å². The maximum atomic E-state index is 11.1. The molecule has 5 heteroatoms. The Morgan fingerprint density at radius 2 is 2.00 bits per heavy atom. The lowest BCUT2D eigenvalue weighted by molar-refractivity contribution is 0.0692. The Kier molecular flexibility index (Phi) is 4.94. The number of carbonyl (C=O) groups is 1. The Hall–Kier alpha value is -0.930. The number of carboxylic acids is 1. The molecule has 1 aliphatic rings. The van der Waals surface area contributed by atoms with Gasteiger partial charge in [-0.2, -0.15) is 0 Å². The minimum absolute atomic E-state index is 0.0175. The van der Waals surface area contributed by atoms with Gasteiger partial charge in [0.1, 0.15) is 5.56 Å². The maximum Gasteiger partial charge on any atom is 0.339 e. The van der Waals surface area contributed by atoms with E-state index in [4.69, 9.17) is 33.0 Å². The van der Waals surface area contributed by atoms with E-state index in [0.29, 0.717) is 17.5 Å². The molecule has 0 heterocycles. The molecule has 0 amide bonds. The first-order valence-corrected chi connectivity index (χ1v) is 7.18. The molecule has 2 rings (SSSR count). The van der Waals surface area contributed by atoms with Crippen LogP contribution < -0.4 is 4.74 Å². The highest BCUT2D eigenvalue weighted by atomic mass is 35.5. The van der Waals surface area contributed by atoms with Crippen molar-refractivity contribution in [3.05, 3.63) is 27.7 Å². The first-order valence-electron chi connectivity index (χ1n) is 6.43. The lowest BCUT2D eigenvalue weighted by Crippen LogP contribution is -2.08. The standard InChI is InChI=1S/C14H16Cl2O3/c15-10-7-11(14(17)18)13(12(16)8-10)19-6-5-9-3-1-2-4-9/h7-9H,1-6H2,(H,17,18). The number of ether oxygens (including phenoxy) is 1. The van der Waals surface area contributed by atoms with Crippen molar-refractivity contribution in [3.63, 3.8) is 0 Å². The van der Waals surface area contributed by atoms with Gasteiger partial charge in [0.2, 0.25) is 0 Å². The topological polar surface area (TPSA) is 46.5 Å². The van der Waals surface area contributed by atoms with Crippen LogP contribution in [0.2, 0.25) is 10.0 Å². The van der Waals surface area contributed by atoms with E-state index in [1.165, 1.54) is 37.8 Å². The van der Waals surface area contributed by atoms with Crippen molar-refractivity contribution in [3.8, 4) is 5.75 Å². The maximum absolute atomic E-state index is 11.1. The van der Waals surface area contributed by atoms with Gasteiger partial charge in [0.05, 0.1) is 11.6 Å². The summed E-state index contributed by atoms with van der Waals surface area (Å²) in [7, 11) is 0. The molecule has 0 saturated heterocycles. The molecular formula is C14H16Cl2O3.